The number of para-hydroxylation sites is 1. The molecule has 0 spiro atoms. The molecule has 2 aliphatic heterocycles. The van der Waals surface area contributed by atoms with Gasteiger partial charge >= 0.3 is 6.03 Å². The number of benzene rings is 2. The quantitative estimate of drug-likeness (QED) is 0.563. The molecule has 1 aromatic heterocycles. The van der Waals surface area contributed by atoms with Crippen LogP contribution in [0.5, 0.6) is 5.75 Å². The van der Waals surface area contributed by atoms with Gasteiger partial charge in [-0.15, -0.1) is 11.3 Å². The summed E-state index contributed by atoms with van der Waals surface area (Å²) in [7, 11) is 1.56. The number of rotatable bonds is 5. The summed E-state index contributed by atoms with van der Waals surface area (Å²) in [6.07, 6.45) is 2.70. The first-order chi connectivity index (χ1) is 16.4. The van der Waals surface area contributed by atoms with Crippen LogP contribution >= 0.6 is 11.3 Å². The van der Waals surface area contributed by atoms with Crippen molar-refractivity contribution in [1.82, 2.24) is 20.1 Å². The molecule has 2 saturated heterocycles. The Kier molecular flexibility index (Phi) is 5.73. The number of carbonyl (C=O) groups excluding carboxylic acids is 3. The normalized spacial score (nSPS) is 22.8. The number of likely N-dealkylation sites (tertiary alicyclic amines) is 1. The molecule has 2 fully saturated rings. The van der Waals surface area contributed by atoms with Crippen LogP contribution in [0.2, 0.25) is 0 Å². The number of fused-ring (bicyclic) bond motifs is 1. The first kappa shape index (κ1) is 22.3. The molecule has 3 aromatic rings. The van der Waals surface area contributed by atoms with E-state index in [0.717, 1.165) is 39.4 Å². The maximum atomic E-state index is 13.4. The number of urea groups is 1. The molecule has 3 heterocycles. The van der Waals surface area contributed by atoms with E-state index < -0.39 is 17.5 Å². The third-order valence-electron chi connectivity index (χ3n) is 6.65. The van der Waals surface area contributed by atoms with E-state index in [4.69, 9.17) is 9.72 Å². The standard InChI is InChI=1S/C25H26N4O4S/c1-25(16-10-12-17(33-2)13-11-16)23(31)29(24(32)27-25)15-21(30)28-14-6-5-8-19(28)22-26-18-7-3-4-9-20(18)34-22/h3-4,7,9-13,19H,5-6,8,14-15H2,1-2H3,(H,27,32). The zero-order valence-electron chi connectivity index (χ0n) is 19.1. The fourth-order valence-electron chi connectivity index (χ4n) is 4.71. The fraction of sp³-hybridized carbons (Fsp3) is 0.360. The molecule has 2 aliphatic rings. The van der Waals surface area contributed by atoms with Crippen molar-refractivity contribution < 1.29 is 19.1 Å². The number of carbonyl (C=O) groups is 3. The molecule has 0 radical (unpaired) electrons. The molecule has 2 unspecified atom stereocenters. The highest BCUT2D eigenvalue weighted by atomic mass is 32.1. The molecule has 0 aliphatic carbocycles. The predicted octanol–water partition coefficient (Wildman–Crippen LogP) is 3.83. The maximum Gasteiger partial charge on any atom is 0.325 e. The fourth-order valence-corrected chi connectivity index (χ4v) is 5.82. The van der Waals surface area contributed by atoms with Crippen LogP contribution in [-0.4, -0.2) is 52.8 Å². The van der Waals surface area contributed by atoms with E-state index in [9.17, 15) is 14.4 Å². The summed E-state index contributed by atoms with van der Waals surface area (Å²) in [5, 5.41) is 3.67. The van der Waals surface area contributed by atoms with Crippen molar-refractivity contribution in [2.45, 2.75) is 37.8 Å². The Morgan fingerprint density at radius 3 is 2.68 bits per heavy atom. The second-order valence-corrected chi connectivity index (χ2v) is 9.86. The summed E-state index contributed by atoms with van der Waals surface area (Å²) >= 11 is 1.59. The van der Waals surface area contributed by atoms with Crippen molar-refractivity contribution in [1.29, 1.82) is 0 Å². The number of amides is 4. The van der Waals surface area contributed by atoms with Gasteiger partial charge in [-0.25, -0.2) is 9.78 Å². The maximum absolute atomic E-state index is 13.4. The van der Waals surface area contributed by atoms with E-state index in [1.807, 2.05) is 24.3 Å². The first-order valence-electron chi connectivity index (χ1n) is 11.3. The number of hydrogen-bond acceptors (Lipinski definition) is 6. The van der Waals surface area contributed by atoms with E-state index in [0.29, 0.717) is 17.9 Å². The second kappa shape index (κ2) is 8.72. The number of hydrogen-bond donors (Lipinski definition) is 1. The first-order valence-corrected chi connectivity index (χ1v) is 12.2. The van der Waals surface area contributed by atoms with Crippen molar-refractivity contribution in [2.75, 3.05) is 20.2 Å². The van der Waals surface area contributed by atoms with Gasteiger partial charge in [0.05, 0.1) is 23.4 Å². The molecular formula is C25H26N4O4S. The monoisotopic (exact) mass is 478 g/mol. The number of imide groups is 1. The number of nitrogens with zero attached hydrogens (tertiary/aromatic N) is 3. The van der Waals surface area contributed by atoms with Gasteiger partial charge in [0.1, 0.15) is 22.8 Å². The van der Waals surface area contributed by atoms with Crippen LogP contribution in [0.4, 0.5) is 4.79 Å². The van der Waals surface area contributed by atoms with E-state index in [1.54, 1.807) is 54.5 Å². The van der Waals surface area contributed by atoms with Crippen molar-refractivity contribution >= 4 is 39.4 Å². The third-order valence-corrected chi connectivity index (χ3v) is 7.79. The van der Waals surface area contributed by atoms with Crippen molar-refractivity contribution in [3.63, 3.8) is 0 Å². The predicted molar refractivity (Wildman–Crippen MR) is 129 cm³/mol. The summed E-state index contributed by atoms with van der Waals surface area (Å²) in [5.41, 5.74) is 0.314. The number of nitrogens with one attached hydrogen (secondary N) is 1. The molecule has 8 nitrogen and oxygen atoms in total. The number of piperidine rings is 1. The lowest BCUT2D eigenvalue weighted by molar-refractivity contribution is -0.141. The minimum absolute atomic E-state index is 0.146. The summed E-state index contributed by atoms with van der Waals surface area (Å²) in [5.74, 6) is -0.0295. The molecule has 2 atom stereocenters. The zero-order valence-corrected chi connectivity index (χ0v) is 19.9. The van der Waals surface area contributed by atoms with Gasteiger partial charge < -0.3 is 15.0 Å². The zero-order chi connectivity index (χ0) is 23.9. The number of thiazole rings is 1. The summed E-state index contributed by atoms with van der Waals surface area (Å²) in [6, 6.07) is 14.2. The van der Waals surface area contributed by atoms with Crippen LogP contribution in [0.1, 0.15) is 42.8 Å². The largest absolute Gasteiger partial charge is 0.497 e. The van der Waals surface area contributed by atoms with Crippen molar-refractivity contribution in [2.24, 2.45) is 0 Å². The van der Waals surface area contributed by atoms with Crippen LogP contribution in [0, 0.1) is 0 Å². The Bertz CT molecular complexity index is 1220. The Hall–Kier alpha value is -3.46. The van der Waals surface area contributed by atoms with E-state index >= 15 is 0 Å². The molecule has 34 heavy (non-hydrogen) atoms. The molecule has 176 valence electrons. The lowest BCUT2D eigenvalue weighted by atomic mass is 9.92. The highest BCUT2D eigenvalue weighted by molar-refractivity contribution is 7.18. The lowest BCUT2D eigenvalue weighted by Gasteiger charge is -2.35. The lowest BCUT2D eigenvalue weighted by Crippen LogP contribution is -2.46. The smallest absolute Gasteiger partial charge is 0.325 e. The highest BCUT2D eigenvalue weighted by Crippen LogP contribution is 2.36. The van der Waals surface area contributed by atoms with Crippen LogP contribution in [0.15, 0.2) is 48.5 Å². The Morgan fingerprint density at radius 1 is 1.18 bits per heavy atom. The third kappa shape index (κ3) is 3.79. The Balaban J connectivity index is 1.35. The van der Waals surface area contributed by atoms with E-state index in [2.05, 4.69) is 5.32 Å². The summed E-state index contributed by atoms with van der Waals surface area (Å²) < 4.78 is 6.27. The van der Waals surface area contributed by atoms with Crippen LogP contribution in [0.25, 0.3) is 10.2 Å². The molecule has 0 bridgehead atoms. The number of aromatic nitrogens is 1. The topological polar surface area (TPSA) is 91.8 Å². The van der Waals surface area contributed by atoms with Gasteiger partial charge in [0, 0.05) is 6.54 Å². The highest BCUT2D eigenvalue weighted by Gasteiger charge is 2.50. The molecule has 0 saturated carbocycles. The minimum atomic E-state index is -1.24. The number of methoxy groups -OCH3 is 1. The van der Waals surface area contributed by atoms with E-state index in [-0.39, 0.29) is 18.5 Å². The van der Waals surface area contributed by atoms with Crippen molar-refractivity contribution in [3.05, 3.63) is 59.1 Å². The van der Waals surface area contributed by atoms with Crippen LogP contribution in [-0.2, 0) is 15.1 Å². The van der Waals surface area contributed by atoms with Gasteiger partial charge in [-0.2, -0.15) is 0 Å². The van der Waals surface area contributed by atoms with E-state index in [1.165, 1.54) is 0 Å². The van der Waals surface area contributed by atoms with Gasteiger partial charge in [-0.05, 0) is 56.0 Å². The van der Waals surface area contributed by atoms with Gasteiger partial charge in [-0.3, -0.25) is 14.5 Å². The van der Waals surface area contributed by atoms with Crippen LogP contribution in [0.3, 0.4) is 0 Å². The van der Waals surface area contributed by atoms with Crippen LogP contribution < -0.4 is 10.1 Å². The Morgan fingerprint density at radius 2 is 1.94 bits per heavy atom. The van der Waals surface area contributed by atoms with Gasteiger partial charge in [-0.1, -0.05) is 24.3 Å². The SMILES string of the molecule is COc1ccc(C2(C)NC(=O)N(CC(=O)N3CCCCC3c3nc4ccccc4s3)C2=O)cc1. The molecule has 9 heteroatoms. The summed E-state index contributed by atoms with van der Waals surface area (Å²) in [6.45, 7) is 1.95. The average Bonchev–Trinajstić information content (AvgIpc) is 3.39. The van der Waals surface area contributed by atoms with Gasteiger partial charge in [0.15, 0.2) is 0 Å². The van der Waals surface area contributed by atoms with Gasteiger partial charge in [0.2, 0.25) is 5.91 Å². The molecule has 4 amide bonds. The molecule has 5 rings (SSSR count). The molecule has 2 aromatic carbocycles. The summed E-state index contributed by atoms with van der Waals surface area (Å²) in [4.78, 5) is 47.0. The number of ether oxygens (including phenoxy) is 1. The molecule has 1 N–H and O–H groups in total. The van der Waals surface area contributed by atoms with Crippen molar-refractivity contribution in [3.8, 4) is 5.75 Å². The Labute approximate surface area is 201 Å². The molecular weight excluding hydrogens is 452 g/mol. The second-order valence-electron chi connectivity index (χ2n) is 8.79. The average molecular weight is 479 g/mol. The van der Waals surface area contributed by atoms with Gasteiger partial charge in [0.25, 0.3) is 5.91 Å². The minimum Gasteiger partial charge on any atom is -0.497 e.